The van der Waals surface area contributed by atoms with Crippen molar-refractivity contribution in [2.45, 2.75) is 37.5 Å². The predicted molar refractivity (Wildman–Crippen MR) is 118 cm³/mol. The number of carbonyl (C=O) groups excluding carboxylic acids is 1. The molecule has 3 aromatic rings. The number of aromatic nitrogens is 1. The van der Waals surface area contributed by atoms with Gasteiger partial charge in [0.1, 0.15) is 5.69 Å². The van der Waals surface area contributed by atoms with Crippen molar-refractivity contribution in [3.05, 3.63) is 65.9 Å². The van der Waals surface area contributed by atoms with Crippen LogP contribution in [0.4, 0.5) is 5.69 Å². The van der Waals surface area contributed by atoms with E-state index in [1.54, 1.807) is 35.5 Å². The van der Waals surface area contributed by atoms with Crippen LogP contribution in [0.1, 0.15) is 41.7 Å². The van der Waals surface area contributed by atoms with Gasteiger partial charge in [0, 0.05) is 24.2 Å². The molecule has 2 aromatic carbocycles. The Balaban J connectivity index is 1.60. The molecular formula is C23H25N3O3S. The van der Waals surface area contributed by atoms with Crippen molar-refractivity contribution in [1.29, 1.82) is 0 Å². The molecule has 7 heteroatoms. The lowest BCUT2D eigenvalue weighted by atomic mass is 10.2. The van der Waals surface area contributed by atoms with E-state index in [2.05, 4.69) is 10.3 Å². The van der Waals surface area contributed by atoms with Gasteiger partial charge in [0.25, 0.3) is 5.91 Å². The third-order valence-electron chi connectivity index (χ3n) is 5.46. The Morgan fingerprint density at radius 3 is 2.47 bits per heavy atom. The number of aryl methyl sites for hydroxylation is 1. The number of sulfonamides is 1. The lowest BCUT2D eigenvalue weighted by molar-refractivity contribution is 0.102. The minimum atomic E-state index is -3.60. The van der Waals surface area contributed by atoms with Gasteiger partial charge in [-0.2, -0.15) is 4.31 Å². The number of carbonyl (C=O) groups is 1. The first-order chi connectivity index (χ1) is 14.4. The standard InChI is InChI=1S/C23H25N3O3S/c1-17-10-12-19(16-22(17)30(28,29)26-14-6-2-3-7-15-26)24-23(27)21-13-11-18-8-4-5-9-20(18)25-21/h4-5,8-13,16H,2-3,6-7,14-15H2,1H3,(H,24,27). The maximum absolute atomic E-state index is 13.2. The highest BCUT2D eigenvalue weighted by molar-refractivity contribution is 7.89. The maximum atomic E-state index is 13.2. The predicted octanol–water partition coefficient (Wildman–Crippen LogP) is 4.36. The molecule has 1 saturated heterocycles. The summed E-state index contributed by atoms with van der Waals surface area (Å²) in [5, 5.41) is 3.75. The third-order valence-corrected chi connectivity index (χ3v) is 7.50. The Hall–Kier alpha value is -2.77. The van der Waals surface area contributed by atoms with E-state index in [4.69, 9.17) is 0 Å². The van der Waals surface area contributed by atoms with Crippen LogP contribution in [0.2, 0.25) is 0 Å². The van der Waals surface area contributed by atoms with E-state index >= 15 is 0 Å². The molecule has 1 amide bonds. The van der Waals surface area contributed by atoms with Crippen molar-refractivity contribution >= 4 is 32.5 Å². The highest BCUT2D eigenvalue weighted by atomic mass is 32.2. The Morgan fingerprint density at radius 1 is 0.967 bits per heavy atom. The minimum absolute atomic E-state index is 0.244. The zero-order chi connectivity index (χ0) is 21.1. The summed E-state index contributed by atoms with van der Waals surface area (Å²) in [6, 6.07) is 16.1. The number of rotatable bonds is 4. The second-order valence-corrected chi connectivity index (χ2v) is 9.55. The van der Waals surface area contributed by atoms with E-state index in [0.29, 0.717) is 24.3 Å². The molecule has 0 bridgehead atoms. The van der Waals surface area contributed by atoms with Gasteiger partial charge < -0.3 is 5.32 Å². The normalized spacial score (nSPS) is 15.6. The molecule has 1 aliphatic heterocycles. The molecule has 1 aliphatic rings. The lowest BCUT2D eigenvalue weighted by Crippen LogP contribution is -2.32. The Kier molecular flexibility index (Phi) is 5.83. The van der Waals surface area contributed by atoms with Crippen molar-refractivity contribution in [1.82, 2.24) is 9.29 Å². The van der Waals surface area contributed by atoms with Crippen LogP contribution >= 0.6 is 0 Å². The fourth-order valence-corrected chi connectivity index (χ4v) is 5.53. The quantitative estimate of drug-likeness (QED) is 0.676. The van der Waals surface area contributed by atoms with Crippen molar-refractivity contribution in [2.75, 3.05) is 18.4 Å². The first-order valence-electron chi connectivity index (χ1n) is 10.2. The summed E-state index contributed by atoms with van der Waals surface area (Å²) in [6.07, 6.45) is 3.87. The molecule has 0 atom stereocenters. The van der Waals surface area contributed by atoms with Gasteiger partial charge in [-0.05, 0) is 49.6 Å². The molecule has 1 fully saturated rings. The molecule has 0 aliphatic carbocycles. The van der Waals surface area contributed by atoms with E-state index in [9.17, 15) is 13.2 Å². The van der Waals surface area contributed by atoms with Crippen LogP contribution in [0.15, 0.2) is 59.5 Å². The fraction of sp³-hybridized carbons (Fsp3) is 0.304. The third kappa shape index (κ3) is 4.22. The summed E-state index contributed by atoms with van der Waals surface area (Å²) in [5.41, 5.74) is 2.12. The van der Waals surface area contributed by atoms with Gasteiger partial charge in [-0.15, -0.1) is 0 Å². The van der Waals surface area contributed by atoms with E-state index in [1.165, 1.54) is 0 Å². The SMILES string of the molecule is Cc1ccc(NC(=O)c2ccc3ccccc3n2)cc1S(=O)(=O)N1CCCCCC1. The average Bonchev–Trinajstić information content (AvgIpc) is 3.05. The van der Waals surface area contributed by atoms with E-state index < -0.39 is 10.0 Å². The second-order valence-electron chi connectivity index (χ2n) is 7.64. The summed E-state index contributed by atoms with van der Waals surface area (Å²) < 4.78 is 28.0. The molecule has 1 N–H and O–H groups in total. The zero-order valence-corrected chi connectivity index (χ0v) is 17.8. The van der Waals surface area contributed by atoms with Gasteiger partial charge in [-0.3, -0.25) is 4.79 Å². The highest BCUT2D eigenvalue weighted by Gasteiger charge is 2.27. The number of nitrogens with zero attached hydrogens (tertiary/aromatic N) is 2. The Bertz CT molecular complexity index is 1180. The number of nitrogens with one attached hydrogen (secondary N) is 1. The molecule has 156 valence electrons. The van der Waals surface area contributed by atoms with Gasteiger partial charge in [0.05, 0.1) is 10.4 Å². The van der Waals surface area contributed by atoms with Crippen LogP contribution in [-0.4, -0.2) is 36.7 Å². The van der Waals surface area contributed by atoms with Crippen LogP contribution in [-0.2, 0) is 10.0 Å². The van der Waals surface area contributed by atoms with E-state index in [1.807, 2.05) is 30.3 Å². The largest absolute Gasteiger partial charge is 0.321 e. The molecule has 0 radical (unpaired) electrons. The molecule has 0 spiro atoms. The molecule has 4 rings (SSSR count). The summed E-state index contributed by atoms with van der Waals surface area (Å²) in [6.45, 7) is 2.86. The molecule has 6 nitrogen and oxygen atoms in total. The van der Waals surface area contributed by atoms with Crippen LogP contribution in [0.3, 0.4) is 0 Å². The molecule has 0 saturated carbocycles. The van der Waals surface area contributed by atoms with Crippen molar-refractivity contribution in [3.63, 3.8) is 0 Å². The number of fused-ring (bicyclic) bond motifs is 1. The monoisotopic (exact) mass is 423 g/mol. The van der Waals surface area contributed by atoms with Crippen LogP contribution in [0, 0.1) is 6.92 Å². The fourth-order valence-electron chi connectivity index (χ4n) is 3.76. The van der Waals surface area contributed by atoms with Gasteiger partial charge >= 0.3 is 0 Å². The molecule has 30 heavy (non-hydrogen) atoms. The van der Waals surface area contributed by atoms with Crippen LogP contribution in [0.25, 0.3) is 10.9 Å². The van der Waals surface area contributed by atoms with Crippen LogP contribution < -0.4 is 5.32 Å². The Labute approximate surface area is 177 Å². The number of hydrogen-bond acceptors (Lipinski definition) is 4. The van der Waals surface area contributed by atoms with E-state index in [0.717, 1.165) is 36.6 Å². The van der Waals surface area contributed by atoms with Crippen molar-refractivity contribution in [2.24, 2.45) is 0 Å². The smallest absolute Gasteiger partial charge is 0.274 e. The molecule has 1 aromatic heterocycles. The van der Waals surface area contributed by atoms with Crippen molar-refractivity contribution in [3.8, 4) is 0 Å². The number of anilines is 1. The summed E-state index contributed by atoms with van der Waals surface area (Å²) >= 11 is 0. The van der Waals surface area contributed by atoms with Gasteiger partial charge in [-0.1, -0.05) is 43.2 Å². The maximum Gasteiger partial charge on any atom is 0.274 e. The first-order valence-corrected chi connectivity index (χ1v) is 11.7. The van der Waals surface area contributed by atoms with Gasteiger partial charge in [0.2, 0.25) is 10.0 Å². The molecule has 0 unspecified atom stereocenters. The average molecular weight is 424 g/mol. The summed E-state index contributed by atoms with van der Waals surface area (Å²) in [4.78, 5) is 17.4. The highest BCUT2D eigenvalue weighted by Crippen LogP contribution is 2.26. The topological polar surface area (TPSA) is 79.4 Å². The van der Waals surface area contributed by atoms with Gasteiger partial charge in [-0.25, -0.2) is 13.4 Å². The zero-order valence-electron chi connectivity index (χ0n) is 17.0. The minimum Gasteiger partial charge on any atom is -0.321 e. The van der Waals surface area contributed by atoms with Gasteiger partial charge in [0.15, 0.2) is 0 Å². The number of hydrogen-bond donors (Lipinski definition) is 1. The molecular weight excluding hydrogens is 398 g/mol. The number of para-hydroxylation sites is 1. The lowest BCUT2D eigenvalue weighted by Gasteiger charge is -2.21. The second kappa shape index (κ2) is 8.53. The summed E-state index contributed by atoms with van der Waals surface area (Å²) in [7, 11) is -3.60. The van der Waals surface area contributed by atoms with E-state index in [-0.39, 0.29) is 16.5 Å². The number of amides is 1. The van der Waals surface area contributed by atoms with Crippen LogP contribution in [0.5, 0.6) is 0 Å². The summed E-state index contributed by atoms with van der Waals surface area (Å²) in [5.74, 6) is -0.372. The Morgan fingerprint density at radius 2 is 1.70 bits per heavy atom. The number of benzene rings is 2. The first kappa shape index (κ1) is 20.5. The molecule has 2 heterocycles. The van der Waals surface area contributed by atoms with Crippen molar-refractivity contribution < 1.29 is 13.2 Å². The number of pyridine rings is 1.